The van der Waals surface area contributed by atoms with Gasteiger partial charge in [-0.15, -0.1) is 8.58 Å². The Labute approximate surface area is 131 Å². The molecule has 0 fully saturated rings. The molecule has 20 heavy (non-hydrogen) atoms. The molecule has 0 amide bonds. The van der Waals surface area contributed by atoms with E-state index >= 15 is 0 Å². The second kappa shape index (κ2) is 8.17. The lowest BCUT2D eigenvalue weighted by Gasteiger charge is -2.60. The van der Waals surface area contributed by atoms with Crippen molar-refractivity contribution in [2.24, 2.45) is 16.7 Å². The fourth-order valence-corrected chi connectivity index (χ4v) is 6.72. The van der Waals surface area contributed by atoms with Crippen molar-refractivity contribution in [3.05, 3.63) is 0 Å². The lowest BCUT2D eigenvalue weighted by molar-refractivity contribution is -0.00151. The largest absolute Gasteiger partial charge is 0.118 e. The van der Waals surface area contributed by atoms with Gasteiger partial charge in [-0.1, -0.05) is 81.1 Å². The first-order chi connectivity index (χ1) is 9.22. The Morgan fingerprint density at radius 3 is 1.75 bits per heavy atom. The fraction of sp³-hybridized carbons (Fsp3) is 1.00. The lowest BCUT2D eigenvalue weighted by atomic mass is 9.53. The summed E-state index contributed by atoms with van der Waals surface area (Å²) in [5.41, 5.74) is 0.865. The second-order valence-corrected chi connectivity index (χ2v) is 8.98. The van der Waals surface area contributed by atoms with Crippen LogP contribution >= 0.6 is 8.58 Å². The van der Waals surface area contributed by atoms with E-state index < -0.39 is 0 Å². The van der Waals surface area contributed by atoms with E-state index in [1.807, 2.05) is 0 Å². The van der Waals surface area contributed by atoms with Crippen LogP contribution in [0.4, 0.5) is 0 Å². The van der Waals surface area contributed by atoms with Crippen LogP contribution in [0.15, 0.2) is 0 Å². The molecule has 0 aliphatic heterocycles. The van der Waals surface area contributed by atoms with E-state index in [1.54, 1.807) is 0 Å². The third-order valence-corrected chi connectivity index (χ3v) is 8.97. The van der Waals surface area contributed by atoms with Gasteiger partial charge in [0.25, 0.3) is 0 Å². The predicted molar refractivity (Wildman–Crippen MR) is 98.4 cm³/mol. The van der Waals surface area contributed by atoms with Gasteiger partial charge in [0, 0.05) is 0 Å². The lowest BCUT2D eigenvalue weighted by Crippen LogP contribution is -2.54. The normalized spacial score (nSPS) is 20.9. The van der Waals surface area contributed by atoms with Gasteiger partial charge < -0.3 is 0 Å². The van der Waals surface area contributed by atoms with Crippen molar-refractivity contribution in [3.8, 4) is 0 Å². The first-order valence-electron chi connectivity index (χ1n) is 8.91. The van der Waals surface area contributed by atoms with Crippen molar-refractivity contribution in [1.82, 2.24) is 0 Å². The first kappa shape index (κ1) is 20.4. The van der Waals surface area contributed by atoms with Crippen LogP contribution in [-0.2, 0) is 0 Å². The van der Waals surface area contributed by atoms with Gasteiger partial charge in [-0.3, -0.25) is 0 Å². The maximum atomic E-state index is 2.62. The molecule has 1 heteroatoms. The van der Waals surface area contributed by atoms with Crippen molar-refractivity contribution in [2.75, 3.05) is 6.66 Å². The summed E-state index contributed by atoms with van der Waals surface area (Å²) in [7, 11) is 1.05. The molecule has 0 radical (unpaired) electrons. The molecule has 0 spiro atoms. The summed E-state index contributed by atoms with van der Waals surface area (Å²) in [5.74, 6) is 0.836. The van der Waals surface area contributed by atoms with E-state index in [-0.39, 0.29) is 0 Å². The van der Waals surface area contributed by atoms with Crippen LogP contribution in [0.1, 0.15) is 93.9 Å². The van der Waals surface area contributed by atoms with Crippen molar-refractivity contribution in [2.45, 2.75) is 99.1 Å². The monoisotopic (exact) mass is 300 g/mol. The summed E-state index contributed by atoms with van der Waals surface area (Å²) in [6.07, 6.45) is 8.01. The smallest absolute Gasteiger partial charge is 0.00426 e. The average molecular weight is 301 g/mol. The molecule has 0 nitrogen and oxygen atoms in total. The van der Waals surface area contributed by atoms with Crippen LogP contribution in [0.2, 0.25) is 0 Å². The molecule has 0 heterocycles. The minimum absolute atomic E-state index is 0.421. The summed E-state index contributed by atoms with van der Waals surface area (Å²) in [6, 6.07) is 0. The molecule has 0 saturated carbocycles. The molecule has 0 aliphatic carbocycles. The van der Waals surface area contributed by atoms with Crippen LogP contribution in [0.5, 0.6) is 0 Å². The molecule has 0 aromatic rings. The Bertz CT molecular complexity index is 265. The summed E-state index contributed by atoms with van der Waals surface area (Å²) in [6.45, 7) is 22.2. The van der Waals surface area contributed by atoms with Gasteiger partial charge >= 0.3 is 0 Å². The summed E-state index contributed by atoms with van der Waals surface area (Å²) in [4.78, 5) is 0. The molecule has 0 aliphatic rings. The van der Waals surface area contributed by atoms with Crippen LogP contribution in [-0.4, -0.2) is 11.8 Å². The van der Waals surface area contributed by atoms with Gasteiger partial charge in [0.15, 0.2) is 0 Å². The molecule has 0 aromatic heterocycles. The van der Waals surface area contributed by atoms with Gasteiger partial charge in [0.1, 0.15) is 0 Å². The van der Waals surface area contributed by atoms with Crippen LogP contribution in [0.3, 0.4) is 0 Å². The van der Waals surface area contributed by atoms with Gasteiger partial charge in [0.05, 0.1) is 0 Å². The highest BCUT2D eigenvalue weighted by molar-refractivity contribution is 7.39. The van der Waals surface area contributed by atoms with Crippen LogP contribution in [0, 0.1) is 16.7 Å². The number of hydrogen-bond donors (Lipinski definition) is 0. The standard InChI is InChI=1S/C19H41P/c1-10-14-16(5)19(13-4,20-9)18(8,15-11-2)17(6,7)12-3/h16,20H,10-15H2,1-9H3. The zero-order valence-corrected chi connectivity index (χ0v) is 16.8. The van der Waals surface area contributed by atoms with Gasteiger partial charge in [0.2, 0.25) is 0 Å². The highest BCUT2D eigenvalue weighted by atomic mass is 31.1. The number of hydrogen-bond acceptors (Lipinski definition) is 0. The van der Waals surface area contributed by atoms with E-state index in [1.165, 1.54) is 38.5 Å². The molecular formula is C19H41P. The summed E-state index contributed by atoms with van der Waals surface area (Å²) >= 11 is 0. The van der Waals surface area contributed by atoms with Crippen LogP contribution < -0.4 is 0 Å². The summed E-state index contributed by atoms with van der Waals surface area (Å²) in [5, 5.41) is 0.512. The Morgan fingerprint density at radius 2 is 1.45 bits per heavy atom. The van der Waals surface area contributed by atoms with E-state index in [0.717, 1.165) is 14.5 Å². The quantitative estimate of drug-likeness (QED) is 0.377. The van der Waals surface area contributed by atoms with E-state index in [0.29, 0.717) is 16.0 Å². The molecule has 0 saturated heterocycles. The molecule has 4 atom stereocenters. The maximum Gasteiger partial charge on any atom is -0.00426 e. The number of rotatable bonds is 10. The maximum absolute atomic E-state index is 2.62. The molecular weight excluding hydrogens is 259 g/mol. The summed E-state index contributed by atoms with van der Waals surface area (Å²) < 4.78 is 0. The molecule has 4 unspecified atom stereocenters. The second-order valence-electron chi connectivity index (χ2n) is 7.58. The molecule has 122 valence electrons. The Kier molecular flexibility index (Phi) is 8.34. The third-order valence-electron chi connectivity index (χ3n) is 6.68. The fourth-order valence-electron chi connectivity index (χ4n) is 4.72. The first-order valence-corrected chi connectivity index (χ1v) is 10.4. The topological polar surface area (TPSA) is 0 Å². The Hall–Kier alpha value is 0.430. The van der Waals surface area contributed by atoms with Crippen LogP contribution in [0.25, 0.3) is 0 Å². The van der Waals surface area contributed by atoms with E-state index in [4.69, 9.17) is 0 Å². The minimum Gasteiger partial charge on any atom is -0.118 e. The van der Waals surface area contributed by atoms with Crippen molar-refractivity contribution in [1.29, 1.82) is 0 Å². The minimum atomic E-state index is 0.421. The van der Waals surface area contributed by atoms with E-state index in [9.17, 15) is 0 Å². The highest BCUT2D eigenvalue weighted by Crippen LogP contribution is 2.63. The Balaban J connectivity index is 5.90. The van der Waals surface area contributed by atoms with Gasteiger partial charge in [-0.2, -0.15) is 0 Å². The molecule has 0 aromatic carbocycles. The SMILES string of the molecule is CCCC(C)C(CC)(PC)C(C)(CCC)C(C)(C)CC. The zero-order chi connectivity index (χ0) is 16.0. The molecule has 0 N–H and O–H groups in total. The van der Waals surface area contributed by atoms with Gasteiger partial charge in [-0.05, 0) is 41.4 Å². The highest BCUT2D eigenvalue weighted by Gasteiger charge is 2.54. The van der Waals surface area contributed by atoms with Gasteiger partial charge in [-0.25, -0.2) is 0 Å². The molecule has 0 rings (SSSR count). The zero-order valence-electron chi connectivity index (χ0n) is 15.8. The predicted octanol–water partition coefficient (Wildman–Crippen LogP) is 7.12. The van der Waals surface area contributed by atoms with Crippen molar-refractivity contribution >= 4 is 8.58 Å². The third kappa shape index (κ3) is 3.43. The van der Waals surface area contributed by atoms with Crippen molar-refractivity contribution < 1.29 is 0 Å². The van der Waals surface area contributed by atoms with E-state index in [2.05, 4.69) is 62.1 Å². The average Bonchev–Trinajstić information content (AvgIpc) is 2.41. The van der Waals surface area contributed by atoms with Crippen molar-refractivity contribution in [3.63, 3.8) is 0 Å². The molecule has 0 bridgehead atoms. The Morgan fingerprint density at radius 1 is 0.900 bits per heavy atom.